The minimum Gasteiger partial charge on any atom is -0.370 e. The summed E-state index contributed by atoms with van der Waals surface area (Å²) < 4.78 is 0. The summed E-state index contributed by atoms with van der Waals surface area (Å²) in [7, 11) is 0. The van der Waals surface area contributed by atoms with E-state index < -0.39 is 0 Å². The molecule has 0 atom stereocenters. The van der Waals surface area contributed by atoms with E-state index in [-0.39, 0.29) is 10.6 Å². The Kier molecular flexibility index (Phi) is 4.09. The summed E-state index contributed by atoms with van der Waals surface area (Å²) in [5, 5.41) is 17.3. The summed E-state index contributed by atoms with van der Waals surface area (Å²) in [6, 6.07) is 1.51. The predicted molar refractivity (Wildman–Crippen MR) is 69.7 cm³/mol. The van der Waals surface area contributed by atoms with E-state index in [9.17, 15) is 10.1 Å². The van der Waals surface area contributed by atoms with Crippen molar-refractivity contribution < 1.29 is 4.92 Å². The number of hydrogen-bond acceptors (Lipinski definition) is 5. The lowest BCUT2D eigenvalue weighted by molar-refractivity contribution is -0.385. The topological polar surface area (TPSA) is 80.1 Å². The molecular weight excluding hydrogens is 232 g/mol. The molecule has 0 aliphatic carbocycles. The van der Waals surface area contributed by atoms with Crippen LogP contribution in [0.2, 0.25) is 0 Å². The second-order valence-corrected chi connectivity index (χ2v) is 4.69. The zero-order valence-electron chi connectivity index (χ0n) is 10.5. The molecule has 1 aromatic rings. The summed E-state index contributed by atoms with van der Waals surface area (Å²) in [4.78, 5) is 14.6. The molecule has 0 amide bonds. The van der Waals surface area contributed by atoms with Crippen molar-refractivity contribution in [2.75, 3.05) is 25.0 Å². The van der Waals surface area contributed by atoms with Crippen LogP contribution in [0.1, 0.15) is 18.4 Å². The molecule has 6 heteroatoms. The highest BCUT2D eigenvalue weighted by molar-refractivity contribution is 5.48. The van der Waals surface area contributed by atoms with E-state index >= 15 is 0 Å². The van der Waals surface area contributed by atoms with Gasteiger partial charge in [0.1, 0.15) is 5.82 Å². The predicted octanol–water partition coefficient (Wildman–Crippen LogP) is 1.71. The molecule has 1 aromatic heterocycles. The van der Waals surface area contributed by atoms with E-state index in [0.29, 0.717) is 17.3 Å². The molecule has 2 heterocycles. The van der Waals surface area contributed by atoms with E-state index in [1.54, 1.807) is 13.1 Å². The van der Waals surface area contributed by atoms with Crippen molar-refractivity contribution in [3.05, 3.63) is 27.9 Å². The van der Waals surface area contributed by atoms with Crippen LogP contribution >= 0.6 is 0 Å². The number of rotatable bonds is 4. The Morgan fingerprint density at radius 3 is 2.94 bits per heavy atom. The number of aryl methyl sites for hydroxylation is 1. The molecule has 0 saturated carbocycles. The molecule has 0 aromatic carbocycles. The average molecular weight is 250 g/mol. The van der Waals surface area contributed by atoms with Crippen molar-refractivity contribution >= 4 is 11.5 Å². The Morgan fingerprint density at radius 1 is 1.56 bits per heavy atom. The molecule has 1 aliphatic rings. The molecule has 18 heavy (non-hydrogen) atoms. The van der Waals surface area contributed by atoms with Crippen molar-refractivity contribution in [2.45, 2.75) is 19.8 Å². The Hall–Kier alpha value is -1.69. The standard InChI is InChI=1S/C12H18N4O2/c1-9-7-14-12(6-11(9)16(17)18)15-8-10-2-4-13-5-3-10/h6-7,10,13H,2-5,8H2,1H3,(H,14,15). The van der Waals surface area contributed by atoms with Crippen LogP contribution in [0, 0.1) is 23.0 Å². The van der Waals surface area contributed by atoms with Crippen LogP contribution < -0.4 is 10.6 Å². The quantitative estimate of drug-likeness (QED) is 0.628. The lowest BCUT2D eigenvalue weighted by Crippen LogP contribution is -2.31. The van der Waals surface area contributed by atoms with Gasteiger partial charge in [0.05, 0.1) is 11.0 Å². The fourth-order valence-electron chi connectivity index (χ4n) is 2.14. The molecular formula is C12H18N4O2. The number of nitrogens with zero attached hydrogens (tertiary/aromatic N) is 2. The summed E-state index contributed by atoms with van der Waals surface area (Å²) in [5.74, 6) is 1.21. The lowest BCUT2D eigenvalue weighted by Gasteiger charge is -2.22. The van der Waals surface area contributed by atoms with E-state index in [4.69, 9.17) is 0 Å². The first-order valence-electron chi connectivity index (χ1n) is 6.22. The SMILES string of the molecule is Cc1cnc(NCC2CCNCC2)cc1[N+](=O)[O-]. The van der Waals surface area contributed by atoms with Gasteiger partial charge in [-0.2, -0.15) is 0 Å². The van der Waals surface area contributed by atoms with Crippen LogP contribution in [0.3, 0.4) is 0 Å². The Balaban J connectivity index is 1.96. The Labute approximate surface area is 106 Å². The van der Waals surface area contributed by atoms with E-state index in [0.717, 1.165) is 32.5 Å². The maximum absolute atomic E-state index is 10.8. The van der Waals surface area contributed by atoms with Gasteiger partial charge in [-0.3, -0.25) is 10.1 Å². The van der Waals surface area contributed by atoms with Crippen molar-refractivity contribution in [3.63, 3.8) is 0 Å². The third-order valence-electron chi connectivity index (χ3n) is 3.30. The molecule has 0 bridgehead atoms. The molecule has 0 radical (unpaired) electrons. The van der Waals surface area contributed by atoms with Crippen LogP contribution in [-0.4, -0.2) is 29.5 Å². The number of anilines is 1. The third-order valence-corrected chi connectivity index (χ3v) is 3.30. The normalized spacial score (nSPS) is 16.5. The Bertz CT molecular complexity index is 430. The maximum atomic E-state index is 10.8. The van der Waals surface area contributed by atoms with Gasteiger partial charge in [0.15, 0.2) is 0 Å². The minimum absolute atomic E-state index is 0.123. The molecule has 6 nitrogen and oxygen atoms in total. The number of nitrogens with one attached hydrogen (secondary N) is 2. The molecule has 0 unspecified atom stereocenters. The lowest BCUT2D eigenvalue weighted by atomic mass is 9.98. The van der Waals surface area contributed by atoms with E-state index in [2.05, 4.69) is 15.6 Å². The molecule has 1 aliphatic heterocycles. The van der Waals surface area contributed by atoms with Crippen LogP contribution in [-0.2, 0) is 0 Å². The molecule has 1 saturated heterocycles. The first kappa shape index (κ1) is 12.8. The first-order valence-corrected chi connectivity index (χ1v) is 6.22. The molecule has 2 rings (SSSR count). The van der Waals surface area contributed by atoms with Crippen LogP contribution in [0.4, 0.5) is 11.5 Å². The van der Waals surface area contributed by atoms with Crippen LogP contribution in [0.25, 0.3) is 0 Å². The highest BCUT2D eigenvalue weighted by Gasteiger charge is 2.15. The zero-order valence-corrected chi connectivity index (χ0v) is 10.5. The smallest absolute Gasteiger partial charge is 0.277 e. The monoisotopic (exact) mass is 250 g/mol. The fraction of sp³-hybridized carbons (Fsp3) is 0.583. The second kappa shape index (κ2) is 5.77. The van der Waals surface area contributed by atoms with Crippen LogP contribution in [0.15, 0.2) is 12.3 Å². The maximum Gasteiger partial charge on any atom is 0.277 e. The van der Waals surface area contributed by atoms with Crippen molar-refractivity contribution in [2.24, 2.45) is 5.92 Å². The summed E-state index contributed by atoms with van der Waals surface area (Å²) in [5.41, 5.74) is 0.713. The number of nitro groups is 1. The van der Waals surface area contributed by atoms with Crippen molar-refractivity contribution in [3.8, 4) is 0 Å². The third kappa shape index (κ3) is 3.16. The van der Waals surface area contributed by atoms with Gasteiger partial charge in [0.2, 0.25) is 0 Å². The molecule has 0 spiro atoms. The fourth-order valence-corrected chi connectivity index (χ4v) is 2.14. The highest BCUT2D eigenvalue weighted by atomic mass is 16.6. The van der Waals surface area contributed by atoms with Gasteiger partial charge in [-0.05, 0) is 38.8 Å². The van der Waals surface area contributed by atoms with Crippen LogP contribution in [0.5, 0.6) is 0 Å². The number of hydrogen-bond donors (Lipinski definition) is 2. The van der Waals surface area contributed by atoms with Gasteiger partial charge in [0.25, 0.3) is 5.69 Å². The van der Waals surface area contributed by atoms with Gasteiger partial charge in [0, 0.05) is 18.3 Å². The first-order chi connectivity index (χ1) is 8.66. The van der Waals surface area contributed by atoms with Crippen molar-refractivity contribution in [1.82, 2.24) is 10.3 Å². The zero-order chi connectivity index (χ0) is 13.0. The van der Waals surface area contributed by atoms with Gasteiger partial charge < -0.3 is 10.6 Å². The van der Waals surface area contributed by atoms with Gasteiger partial charge in [-0.25, -0.2) is 4.98 Å². The number of aromatic nitrogens is 1. The van der Waals surface area contributed by atoms with E-state index in [1.807, 2.05) is 0 Å². The highest BCUT2D eigenvalue weighted by Crippen LogP contribution is 2.20. The largest absolute Gasteiger partial charge is 0.370 e. The van der Waals surface area contributed by atoms with Gasteiger partial charge >= 0.3 is 0 Å². The average Bonchev–Trinajstić information content (AvgIpc) is 2.38. The summed E-state index contributed by atoms with van der Waals surface area (Å²) >= 11 is 0. The summed E-state index contributed by atoms with van der Waals surface area (Å²) in [6.07, 6.45) is 3.82. The number of piperidine rings is 1. The molecule has 98 valence electrons. The van der Waals surface area contributed by atoms with Crippen molar-refractivity contribution in [1.29, 1.82) is 0 Å². The minimum atomic E-state index is -0.368. The van der Waals surface area contributed by atoms with Gasteiger partial charge in [-0.1, -0.05) is 0 Å². The van der Waals surface area contributed by atoms with Gasteiger partial charge in [-0.15, -0.1) is 0 Å². The molecule has 2 N–H and O–H groups in total. The Morgan fingerprint density at radius 2 is 2.28 bits per heavy atom. The summed E-state index contributed by atoms with van der Waals surface area (Å²) in [6.45, 7) is 4.62. The second-order valence-electron chi connectivity index (χ2n) is 4.69. The molecule has 1 fully saturated rings. The van der Waals surface area contributed by atoms with E-state index in [1.165, 1.54) is 6.07 Å². The number of pyridine rings is 1.